The number of carbonyl (C=O) groups excluding carboxylic acids is 2. The van der Waals surface area contributed by atoms with E-state index in [2.05, 4.69) is 10.2 Å². The number of amides is 2. The third kappa shape index (κ3) is 2.70. The maximum Gasteiger partial charge on any atom is 0.258 e. The number of anilines is 1. The van der Waals surface area contributed by atoms with Gasteiger partial charge in [0.15, 0.2) is 0 Å². The molecule has 2 aromatic rings. The SMILES string of the molecule is O=C1C=CC(=O)N1c1ccccc1.c1cn[nH]c1. The monoisotopic (exact) mass is 241 g/mol. The lowest BCUT2D eigenvalue weighted by Gasteiger charge is -2.12. The summed E-state index contributed by atoms with van der Waals surface area (Å²) in [6.07, 6.45) is 6.00. The summed E-state index contributed by atoms with van der Waals surface area (Å²) in [5.74, 6) is -0.563. The second-order valence-electron chi connectivity index (χ2n) is 3.45. The molecule has 1 N–H and O–H groups in total. The Balaban J connectivity index is 0.000000202. The van der Waals surface area contributed by atoms with Crippen LogP contribution in [0, 0.1) is 0 Å². The average molecular weight is 241 g/mol. The minimum Gasteiger partial charge on any atom is -0.286 e. The van der Waals surface area contributed by atoms with Crippen molar-refractivity contribution in [3.8, 4) is 0 Å². The van der Waals surface area contributed by atoms with Gasteiger partial charge in [-0.15, -0.1) is 0 Å². The summed E-state index contributed by atoms with van der Waals surface area (Å²) in [6.45, 7) is 0. The molecule has 0 aliphatic carbocycles. The molecule has 0 saturated heterocycles. The molecule has 1 aliphatic rings. The summed E-state index contributed by atoms with van der Waals surface area (Å²) >= 11 is 0. The molecule has 0 fully saturated rings. The quantitative estimate of drug-likeness (QED) is 0.770. The van der Waals surface area contributed by atoms with Crippen LogP contribution in [0.25, 0.3) is 0 Å². The van der Waals surface area contributed by atoms with Crippen LogP contribution < -0.4 is 4.90 Å². The minimum atomic E-state index is -0.281. The fourth-order valence-corrected chi connectivity index (χ4v) is 1.45. The van der Waals surface area contributed by atoms with Crippen LogP contribution in [0.1, 0.15) is 0 Å². The van der Waals surface area contributed by atoms with Crippen molar-refractivity contribution >= 4 is 17.5 Å². The van der Waals surface area contributed by atoms with E-state index in [-0.39, 0.29) is 11.8 Å². The van der Waals surface area contributed by atoms with Gasteiger partial charge in [-0.05, 0) is 18.2 Å². The Morgan fingerprint density at radius 3 is 2.06 bits per heavy atom. The predicted molar refractivity (Wildman–Crippen MR) is 66.7 cm³/mol. The van der Waals surface area contributed by atoms with E-state index in [1.54, 1.807) is 36.7 Å². The molecule has 1 aromatic carbocycles. The highest BCUT2D eigenvalue weighted by Crippen LogP contribution is 2.17. The second kappa shape index (κ2) is 5.58. The molecule has 5 nitrogen and oxygen atoms in total. The van der Waals surface area contributed by atoms with Gasteiger partial charge in [0.25, 0.3) is 11.8 Å². The number of aromatic amines is 1. The maximum absolute atomic E-state index is 11.2. The van der Waals surface area contributed by atoms with Gasteiger partial charge in [-0.1, -0.05) is 18.2 Å². The van der Waals surface area contributed by atoms with E-state index >= 15 is 0 Å². The van der Waals surface area contributed by atoms with E-state index in [0.717, 1.165) is 4.90 Å². The molecule has 0 spiro atoms. The number of rotatable bonds is 1. The van der Waals surface area contributed by atoms with Crippen LogP contribution in [0.5, 0.6) is 0 Å². The number of para-hydroxylation sites is 1. The zero-order valence-corrected chi connectivity index (χ0v) is 9.48. The van der Waals surface area contributed by atoms with Crippen LogP contribution in [-0.4, -0.2) is 22.0 Å². The van der Waals surface area contributed by atoms with Crippen molar-refractivity contribution in [3.05, 3.63) is 60.9 Å². The molecule has 1 aliphatic heterocycles. The van der Waals surface area contributed by atoms with Crippen molar-refractivity contribution in [2.24, 2.45) is 0 Å². The van der Waals surface area contributed by atoms with Crippen LogP contribution in [0.15, 0.2) is 60.9 Å². The molecule has 90 valence electrons. The molecule has 0 unspecified atom stereocenters. The fraction of sp³-hybridized carbons (Fsp3) is 0. The highest BCUT2D eigenvalue weighted by atomic mass is 16.2. The van der Waals surface area contributed by atoms with Gasteiger partial charge in [-0.25, -0.2) is 4.90 Å². The van der Waals surface area contributed by atoms with Gasteiger partial charge in [0.1, 0.15) is 0 Å². The number of benzene rings is 1. The first-order valence-corrected chi connectivity index (χ1v) is 5.34. The normalized spacial score (nSPS) is 13.4. The van der Waals surface area contributed by atoms with Crippen LogP contribution in [0.4, 0.5) is 5.69 Å². The summed E-state index contributed by atoms with van der Waals surface area (Å²) < 4.78 is 0. The van der Waals surface area contributed by atoms with Crippen molar-refractivity contribution in [2.75, 3.05) is 4.90 Å². The third-order valence-corrected chi connectivity index (χ3v) is 2.23. The molecular formula is C13H11N3O2. The largest absolute Gasteiger partial charge is 0.286 e. The number of nitrogens with zero attached hydrogens (tertiary/aromatic N) is 2. The molecule has 18 heavy (non-hydrogen) atoms. The summed E-state index contributed by atoms with van der Waals surface area (Å²) in [7, 11) is 0. The number of hydrogen-bond donors (Lipinski definition) is 1. The number of H-pyrrole nitrogens is 1. The van der Waals surface area contributed by atoms with Gasteiger partial charge >= 0.3 is 0 Å². The van der Waals surface area contributed by atoms with Crippen molar-refractivity contribution in [1.29, 1.82) is 0 Å². The molecule has 0 bridgehead atoms. The van der Waals surface area contributed by atoms with E-state index in [4.69, 9.17) is 0 Å². The summed E-state index contributed by atoms with van der Waals surface area (Å²) in [5, 5.41) is 6.21. The lowest BCUT2D eigenvalue weighted by atomic mass is 10.3. The lowest BCUT2D eigenvalue weighted by Crippen LogP contribution is -2.29. The lowest BCUT2D eigenvalue weighted by molar-refractivity contribution is -0.119. The number of aromatic nitrogens is 2. The van der Waals surface area contributed by atoms with Crippen LogP contribution >= 0.6 is 0 Å². The van der Waals surface area contributed by atoms with Crippen LogP contribution in [0.2, 0.25) is 0 Å². The first-order valence-electron chi connectivity index (χ1n) is 5.34. The molecule has 3 rings (SSSR count). The molecule has 1 aromatic heterocycles. The number of imide groups is 1. The molecule has 2 amide bonds. The van der Waals surface area contributed by atoms with Gasteiger partial charge < -0.3 is 0 Å². The van der Waals surface area contributed by atoms with Gasteiger partial charge in [0, 0.05) is 24.5 Å². The first kappa shape index (κ1) is 11.8. The highest BCUT2D eigenvalue weighted by molar-refractivity contribution is 6.28. The topological polar surface area (TPSA) is 66.1 Å². The molecule has 2 heterocycles. The van der Waals surface area contributed by atoms with Gasteiger partial charge in [0.2, 0.25) is 0 Å². The van der Waals surface area contributed by atoms with Gasteiger partial charge in [0.05, 0.1) is 5.69 Å². The van der Waals surface area contributed by atoms with Crippen molar-refractivity contribution in [3.63, 3.8) is 0 Å². The highest BCUT2D eigenvalue weighted by Gasteiger charge is 2.24. The third-order valence-electron chi connectivity index (χ3n) is 2.23. The number of carbonyl (C=O) groups is 2. The average Bonchev–Trinajstić information content (AvgIpc) is 3.05. The fourth-order valence-electron chi connectivity index (χ4n) is 1.45. The summed E-state index contributed by atoms with van der Waals surface area (Å²) in [6, 6.07) is 10.7. The Labute approximate surface area is 104 Å². The first-order chi connectivity index (χ1) is 8.79. The molecule has 0 saturated carbocycles. The predicted octanol–water partition coefficient (Wildman–Crippen LogP) is 1.53. The summed E-state index contributed by atoms with van der Waals surface area (Å²) in [4.78, 5) is 23.5. The van der Waals surface area contributed by atoms with Crippen molar-refractivity contribution in [1.82, 2.24) is 10.2 Å². The Kier molecular flexibility index (Phi) is 3.66. The standard InChI is InChI=1S/C10H7NO2.C3H4N2/c12-9-6-7-10(13)11(9)8-4-2-1-3-5-8;1-2-4-5-3-1/h1-7H;1-3H,(H,4,5). The Morgan fingerprint density at radius 1 is 0.944 bits per heavy atom. The van der Waals surface area contributed by atoms with E-state index in [9.17, 15) is 9.59 Å². The van der Waals surface area contributed by atoms with Gasteiger partial charge in [-0.2, -0.15) is 5.10 Å². The number of hydrogen-bond acceptors (Lipinski definition) is 3. The smallest absolute Gasteiger partial charge is 0.258 e. The van der Waals surface area contributed by atoms with Crippen molar-refractivity contribution in [2.45, 2.75) is 0 Å². The van der Waals surface area contributed by atoms with Gasteiger partial charge in [-0.3, -0.25) is 14.7 Å². The zero-order valence-electron chi connectivity index (χ0n) is 9.48. The number of nitrogens with one attached hydrogen (secondary N) is 1. The van der Waals surface area contributed by atoms with Crippen molar-refractivity contribution < 1.29 is 9.59 Å². The minimum absolute atomic E-state index is 0.281. The Bertz CT molecular complexity index is 512. The van der Waals surface area contributed by atoms with Crippen LogP contribution in [0.3, 0.4) is 0 Å². The summed E-state index contributed by atoms with van der Waals surface area (Å²) in [5.41, 5.74) is 0.613. The Hall–Kier alpha value is -2.69. The van der Waals surface area contributed by atoms with E-state index in [1.165, 1.54) is 12.2 Å². The molecular weight excluding hydrogens is 230 g/mol. The van der Waals surface area contributed by atoms with Crippen LogP contribution in [-0.2, 0) is 9.59 Å². The maximum atomic E-state index is 11.2. The zero-order chi connectivity index (χ0) is 12.8. The van der Waals surface area contributed by atoms with E-state index in [0.29, 0.717) is 5.69 Å². The van der Waals surface area contributed by atoms with E-state index in [1.807, 2.05) is 12.1 Å². The second-order valence-corrected chi connectivity index (χ2v) is 3.45. The van der Waals surface area contributed by atoms with E-state index < -0.39 is 0 Å². The Morgan fingerprint density at radius 2 is 1.61 bits per heavy atom. The molecule has 0 atom stereocenters. The molecule has 0 radical (unpaired) electrons. The molecule has 5 heteroatoms.